The van der Waals surface area contributed by atoms with Crippen LogP contribution in [-0.4, -0.2) is 28.9 Å². The minimum atomic E-state index is 0.545. The van der Waals surface area contributed by atoms with Crippen molar-refractivity contribution in [2.45, 2.75) is 18.9 Å². The number of aryl methyl sites for hydroxylation is 1. The quantitative estimate of drug-likeness (QED) is 0.699. The molecular weight excluding hydrogens is 164 g/mol. The van der Waals surface area contributed by atoms with Gasteiger partial charge in [0.2, 0.25) is 0 Å². The van der Waals surface area contributed by atoms with Crippen LogP contribution >= 0.6 is 0 Å². The van der Waals surface area contributed by atoms with Crippen molar-refractivity contribution >= 4 is 5.82 Å². The van der Waals surface area contributed by atoms with Crippen LogP contribution in [0, 0.1) is 0 Å². The Morgan fingerprint density at radius 3 is 3.23 bits per heavy atom. The number of anilines is 1. The molecule has 72 valence electrons. The highest BCUT2D eigenvalue weighted by molar-refractivity contribution is 5.33. The molecule has 1 aliphatic rings. The number of hydrogen-bond donors (Lipinski definition) is 2. The average Bonchev–Trinajstić information content (AvgIpc) is 2.53. The summed E-state index contributed by atoms with van der Waals surface area (Å²) in [4.78, 5) is 0. The van der Waals surface area contributed by atoms with Crippen molar-refractivity contribution in [1.82, 2.24) is 15.1 Å². The summed E-state index contributed by atoms with van der Waals surface area (Å²) >= 11 is 0. The third-order valence-corrected chi connectivity index (χ3v) is 2.36. The van der Waals surface area contributed by atoms with Gasteiger partial charge < -0.3 is 10.6 Å². The minimum Gasteiger partial charge on any atom is -0.365 e. The largest absolute Gasteiger partial charge is 0.365 e. The van der Waals surface area contributed by atoms with Crippen molar-refractivity contribution in [3.05, 3.63) is 12.3 Å². The molecule has 0 aromatic carbocycles. The molecule has 2 N–H and O–H groups in total. The highest BCUT2D eigenvalue weighted by Gasteiger charge is 2.12. The molecule has 1 fully saturated rings. The number of rotatable bonds is 2. The van der Waals surface area contributed by atoms with Crippen molar-refractivity contribution in [2.24, 2.45) is 7.05 Å². The SMILES string of the molecule is Cn1ccc(NC2CCCNC2)n1. The van der Waals surface area contributed by atoms with E-state index < -0.39 is 0 Å². The molecule has 2 heterocycles. The van der Waals surface area contributed by atoms with Crippen molar-refractivity contribution in [1.29, 1.82) is 0 Å². The van der Waals surface area contributed by atoms with E-state index in [1.807, 2.05) is 24.0 Å². The summed E-state index contributed by atoms with van der Waals surface area (Å²) in [7, 11) is 1.93. The van der Waals surface area contributed by atoms with E-state index in [9.17, 15) is 0 Å². The van der Waals surface area contributed by atoms with Crippen LogP contribution in [0.2, 0.25) is 0 Å². The highest BCUT2D eigenvalue weighted by atomic mass is 15.3. The van der Waals surface area contributed by atoms with Gasteiger partial charge in [-0.3, -0.25) is 4.68 Å². The molecule has 4 heteroatoms. The lowest BCUT2D eigenvalue weighted by atomic mass is 10.1. The average molecular weight is 180 g/mol. The topological polar surface area (TPSA) is 41.9 Å². The molecule has 0 amide bonds. The molecule has 1 atom stereocenters. The van der Waals surface area contributed by atoms with Crippen LogP contribution in [0.25, 0.3) is 0 Å². The Morgan fingerprint density at radius 2 is 2.62 bits per heavy atom. The number of nitrogens with zero attached hydrogens (tertiary/aromatic N) is 2. The fraction of sp³-hybridized carbons (Fsp3) is 0.667. The standard InChI is InChI=1S/C9H16N4/c1-13-6-4-9(12-13)11-8-3-2-5-10-7-8/h4,6,8,10H,2-3,5,7H2,1H3,(H,11,12). The van der Waals surface area contributed by atoms with Crippen molar-refractivity contribution in [3.63, 3.8) is 0 Å². The highest BCUT2D eigenvalue weighted by Crippen LogP contribution is 2.09. The fourth-order valence-electron chi connectivity index (χ4n) is 1.68. The Hall–Kier alpha value is -1.03. The van der Waals surface area contributed by atoms with Gasteiger partial charge in [0.15, 0.2) is 0 Å². The Labute approximate surface area is 78.3 Å². The third-order valence-electron chi connectivity index (χ3n) is 2.36. The molecule has 1 aromatic rings. The monoisotopic (exact) mass is 180 g/mol. The van der Waals surface area contributed by atoms with E-state index in [1.165, 1.54) is 12.8 Å². The van der Waals surface area contributed by atoms with Crippen LogP contribution < -0.4 is 10.6 Å². The summed E-state index contributed by atoms with van der Waals surface area (Å²) in [5.41, 5.74) is 0. The summed E-state index contributed by atoms with van der Waals surface area (Å²) in [5.74, 6) is 0.983. The van der Waals surface area contributed by atoms with Gasteiger partial charge in [-0.2, -0.15) is 5.10 Å². The number of nitrogens with one attached hydrogen (secondary N) is 2. The molecule has 4 nitrogen and oxygen atoms in total. The lowest BCUT2D eigenvalue weighted by Crippen LogP contribution is -2.38. The first-order valence-corrected chi connectivity index (χ1v) is 4.81. The van der Waals surface area contributed by atoms with E-state index >= 15 is 0 Å². The second-order valence-corrected chi connectivity index (χ2v) is 3.56. The maximum absolute atomic E-state index is 4.28. The molecule has 1 aromatic heterocycles. The zero-order chi connectivity index (χ0) is 9.10. The lowest BCUT2D eigenvalue weighted by molar-refractivity contribution is 0.478. The fourth-order valence-corrected chi connectivity index (χ4v) is 1.68. The minimum absolute atomic E-state index is 0.545. The Bertz CT molecular complexity index is 262. The van der Waals surface area contributed by atoms with Gasteiger partial charge in [0.1, 0.15) is 5.82 Å². The second-order valence-electron chi connectivity index (χ2n) is 3.56. The normalized spacial score (nSPS) is 23.0. The molecular formula is C9H16N4. The molecule has 2 rings (SSSR count). The van der Waals surface area contributed by atoms with Gasteiger partial charge in [-0.05, 0) is 19.4 Å². The van der Waals surface area contributed by atoms with Crippen LogP contribution in [0.3, 0.4) is 0 Å². The number of aromatic nitrogens is 2. The summed E-state index contributed by atoms with van der Waals surface area (Å²) in [6.07, 6.45) is 4.45. The van der Waals surface area contributed by atoms with Gasteiger partial charge in [-0.1, -0.05) is 0 Å². The molecule has 13 heavy (non-hydrogen) atoms. The summed E-state index contributed by atoms with van der Waals surface area (Å²) in [6, 6.07) is 2.55. The van der Waals surface area contributed by atoms with E-state index in [2.05, 4.69) is 15.7 Å². The summed E-state index contributed by atoms with van der Waals surface area (Å²) in [5, 5.41) is 11.1. The zero-order valence-electron chi connectivity index (χ0n) is 7.95. The van der Waals surface area contributed by atoms with Gasteiger partial charge in [0, 0.05) is 31.9 Å². The molecule has 1 unspecified atom stereocenters. The van der Waals surface area contributed by atoms with Gasteiger partial charge in [0.05, 0.1) is 0 Å². The molecule has 0 radical (unpaired) electrons. The molecule has 0 saturated carbocycles. The first kappa shape index (κ1) is 8.56. The van der Waals surface area contributed by atoms with E-state index in [0.717, 1.165) is 18.9 Å². The maximum atomic E-state index is 4.28. The number of piperidine rings is 1. The predicted molar refractivity (Wildman–Crippen MR) is 52.7 cm³/mol. The molecule has 0 spiro atoms. The molecule has 1 aliphatic heterocycles. The van der Waals surface area contributed by atoms with E-state index in [0.29, 0.717) is 6.04 Å². The molecule has 0 bridgehead atoms. The zero-order valence-corrected chi connectivity index (χ0v) is 7.95. The van der Waals surface area contributed by atoms with Crippen LogP contribution in [0.4, 0.5) is 5.82 Å². The first-order chi connectivity index (χ1) is 6.34. The van der Waals surface area contributed by atoms with Gasteiger partial charge in [-0.25, -0.2) is 0 Å². The van der Waals surface area contributed by atoms with E-state index in [-0.39, 0.29) is 0 Å². The first-order valence-electron chi connectivity index (χ1n) is 4.81. The van der Waals surface area contributed by atoms with Gasteiger partial charge in [0.25, 0.3) is 0 Å². The van der Waals surface area contributed by atoms with E-state index in [4.69, 9.17) is 0 Å². The Morgan fingerprint density at radius 1 is 1.69 bits per heavy atom. The maximum Gasteiger partial charge on any atom is 0.148 e. The number of hydrogen-bond acceptors (Lipinski definition) is 3. The Balaban J connectivity index is 1.89. The van der Waals surface area contributed by atoms with Crippen LogP contribution in [0.1, 0.15) is 12.8 Å². The van der Waals surface area contributed by atoms with E-state index in [1.54, 1.807) is 0 Å². The van der Waals surface area contributed by atoms with Crippen LogP contribution in [0.15, 0.2) is 12.3 Å². The third kappa shape index (κ3) is 2.21. The van der Waals surface area contributed by atoms with Crippen molar-refractivity contribution in [3.8, 4) is 0 Å². The molecule has 1 saturated heterocycles. The Kier molecular flexibility index (Phi) is 2.49. The second kappa shape index (κ2) is 3.79. The van der Waals surface area contributed by atoms with Crippen molar-refractivity contribution in [2.75, 3.05) is 18.4 Å². The van der Waals surface area contributed by atoms with Gasteiger partial charge >= 0.3 is 0 Å². The summed E-state index contributed by atoms with van der Waals surface area (Å²) in [6.45, 7) is 2.21. The summed E-state index contributed by atoms with van der Waals surface area (Å²) < 4.78 is 1.82. The van der Waals surface area contributed by atoms with Crippen LogP contribution in [-0.2, 0) is 7.05 Å². The van der Waals surface area contributed by atoms with Gasteiger partial charge in [-0.15, -0.1) is 0 Å². The van der Waals surface area contributed by atoms with Crippen molar-refractivity contribution < 1.29 is 0 Å². The molecule has 0 aliphatic carbocycles. The van der Waals surface area contributed by atoms with Crippen LogP contribution in [0.5, 0.6) is 0 Å². The smallest absolute Gasteiger partial charge is 0.148 e. The predicted octanol–water partition coefficient (Wildman–Crippen LogP) is 0.584. The lowest BCUT2D eigenvalue weighted by Gasteiger charge is -2.23.